The normalized spacial score (nSPS) is 32.6. The summed E-state index contributed by atoms with van der Waals surface area (Å²) >= 11 is 6.16. The van der Waals surface area contributed by atoms with Gasteiger partial charge in [0.2, 0.25) is 11.1 Å². The molecule has 0 unspecified atom stereocenters. The number of anilines is 1. The number of rotatable bonds is 7. The van der Waals surface area contributed by atoms with Crippen LogP contribution in [0.3, 0.4) is 0 Å². The highest BCUT2D eigenvalue weighted by molar-refractivity contribution is 7.51. The van der Waals surface area contributed by atoms with Crippen molar-refractivity contribution in [3.63, 3.8) is 0 Å². The average Bonchev–Trinajstić information content (AvgIpc) is 3.45. The number of fused-ring (bicyclic) bond motifs is 3. The zero-order chi connectivity index (χ0) is 23.4. The Morgan fingerprint density at radius 3 is 2.79 bits per heavy atom. The number of aliphatic hydroxyl groups excluding tert-OH is 2. The Hall–Kier alpha value is -1.41. The first kappa shape index (κ1) is 23.3. The summed E-state index contributed by atoms with van der Waals surface area (Å²) in [7, 11) is -4.43. The molecule has 4 heterocycles. The van der Waals surface area contributed by atoms with Gasteiger partial charge in [-0.1, -0.05) is 12.8 Å². The molecule has 2 aliphatic heterocycles. The Labute approximate surface area is 193 Å². The summed E-state index contributed by atoms with van der Waals surface area (Å²) in [5.41, 5.74) is 0.405. The van der Waals surface area contributed by atoms with Crippen LogP contribution in [0.25, 0.3) is 11.0 Å². The minimum absolute atomic E-state index is 0.0310. The largest absolute Gasteiger partial charge is 0.387 e. The minimum atomic E-state index is -4.43. The molecule has 2 aromatic rings. The summed E-state index contributed by atoms with van der Waals surface area (Å²) in [6, 6.07) is 0.295. The van der Waals surface area contributed by atoms with E-state index in [0.717, 1.165) is 25.7 Å². The molecule has 1 saturated carbocycles. The molecule has 0 spiro atoms. The second-order valence-electron chi connectivity index (χ2n) is 8.65. The van der Waals surface area contributed by atoms with E-state index in [4.69, 9.17) is 35.6 Å². The highest BCUT2D eigenvalue weighted by Crippen LogP contribution is 2.42. The van der Waals surface area contributed by atoms with Gasteiger partial charge < -0.3 is 39.5 Å². The Kier molecular flexibility index (Phi) is 6.13. The van der Waals surface area contributed by atoms with Gasteiger partial charge in [-0.25, -0.2) is 4.68 Å². The Balaban J connectivity index is 1.38. The van der Waals surface area contributed by atoms with Crippen LogP contribution >= 0.6 is 19.2 Å². The third kappa shape index (κ3) is 4.49. The predicted molar refractivity (Wildman–Crippen MR) is 114 cm³/mol. The van der Waals surface area contributed by atoms with Gasteiger partial charge >= 0.3 is 7.60 Å². The molecule has 2 aromatic heterocycles. The number of aliphatic hydroxyl groups is 2. The lowest BCUT2D eigenvalue weighted by Crippen LogP contribution is -2.52. The van der Waals surface area contributed by atoms with Crippen LogP contribution in [0.1, 0.15) is 25.7 Å². The van der Waals surface area contributed by atoms with Crippen LogP contribution in [0.4, 0.5) is 5.82 Å². The first-order valence-corrected chi connectivity index (χ1v) is 12.8. The van der Waals surface area contributed by atoms with Crippen LogP contribution in [0.15, 0.2) is 6.20 Å². The molecule has 13 nitrogen and oxygen atoms in total. The number of aromatic nitrogens is 4. The summed E-state index contributed by atoms with van der Waals surface area (Å²) < 4.78 is 29.3. The van der Waals surface area contributed by atoms with Crippen LogP contribution in [-0.4, -0.2) is 88.9 Å². The quantitative estimate of drug-likeness (QED) is 0.255. The number of ether oxygens (including phenoxy) is 3. The van der Waals surface area contributed by atoms with Crippen molar-refractivity contribution in [1.82, 2.24) is 19.7 Å². The fourth-order valence-corrected chi connectivity index (χ4v) is 5.23. The van der Waals surface area contributed by atoms with Gasteiger partial charge in [-0.3, -0.25) is 4.57 Å². The van der Waals surface area contributed by atoms with Gasteiger partial charge in [-0.2, -0.15) is 15.1 Å². The van der Waals surface area contributed by atoms with E-state index in [1.165, 1.54) is 4.68 Å². The van der Waals surface area contributed by atoms with Gasteiger partial charge in [-0.05, 0) is 24.4 Å². The third-order valence-electron chi connectivity index (χ3n) is 6.30. The SMILES string of the molecule is O=P(O)(O)CO[C@H]1CO[C@]2(Cn3ncc4c(NC5CCCC5)nc(Cl)nc43)O[C@H]1[C@@H](O)[C@H]2O. The maximum absolute atomic E-state index is 11.1. The standard InChI is InChI=1S/C18H25ClN5O8P/c19-17-22-15(21-9-3-1-2-4-9)10-5-20-24(16(10)23-17)7-18-14(26)12(25)13(32-18)11(6-31-18)30-8-33(27,28)29/h5,9,11-14,25-26H,1-4,6-8H2,(H,21,22,23)(H2,27,28,29)/t11-,12+,13+,14+,18+/m0/s1. The fraction of sp³-hybridized carbons (Fsp3) is 0.722. The van der Waals surface area contributed by atoms with Gasteiger partial charge in [-0.15, -0.1) is 0 Å². The van der Waals surface area contributed by atoms with Crippen LogP contribution in [0.2, 0.25) is 5.28 Å². The highest BCUT2D eigenvalue weighted by Gasteiger charge is 2.61. The molecule has 0 radical (unpaired) electrons. The maximum Gasteiger partial charge on any atom is 0.350 e. The first-order chi connectivity index (χ1) is 15.7. The smallest absolute Gasteiger partial charge is 0.350 e. The lowest BCUT2D eigenvalue weighted by Gasteiger charge is -2.37. The van der Waals surface area contributed by atoms with Gasteiger partial charge in [0, 0.05) is 6.04 Å². The molecule has 0 amide bonds. The van der Waals surface area contributed by atoms with E-state index >= 15 is 0 Å². The van der Waals surface area contributed by atoms with E-state index < -0.39 is 44.1 Å². The van der Waals surface area contributed by atoms with E-state index in [1.807, 2.05) is 0 Å². The van der Waals surface area contributed by atoms with Crippen molar-refractivity contribution >= 4 is 36.0 Å². The molecule has 2 bridgehead atoms. The first-order valence-electron chi connectivity index (χ1n) is 10.6. The third-order valence-corrected chi connectivity index (χ3v) is 6.95. The summed E-state index contributed by atoms with van der Waals surface area (Å²) in [6.07, 6.45) is 0.249. The number of nitrogens with zero attached hydrogens (tertiary/aromatic N) is 4. The molecule has 182 valence electrons. The van der Waals surface area contributed by atoms with Crippen molar-refractivity contribution in [2.75, 3.05) is 18.3 Å². The van der Waals surface area contributed by atoms with Crippen molar-refractivity contribution in [1.29, 1.82) is 0 Å². The Bertz CT molecular complexity index is 1080. The predicted octanol–water partition coefficient (Wildman–Crippen LogP) is 0.202. The second kappa shape index (κ2) is 8.67. The second-order valence-corrected chi connectivity index (χ2v) is 10.6. The molecular weight excluding hydrogens is 481 g/mol. The molecular formula is C18H25ClN5O8P. The van der Waals surface area contributed by atoms with Crippen molar-refractivity contribution in [3.8, 4) is 0 Å². The molecule has 3 aliphatic rings. The molecule has 2 saturated heterocycles. The number of halogens is 1. The lowest BCUT2D eigenvalue weighted by molar-refractivity contribution is -0.316. The highest BCUT2D eigenvalue weighted by atomic mass is 35.5. The molecule has 15 heteroatoms. The van der Waals surface area contributed by atoms with Gasteiger partial charge in [0.15, 0.2) is 5.65 Å². The maximum atomic E-state index is 11.1. The molecule has 3 fully saturated rings. The molecule has 33 heavy (non-hydrogen) atoms. The fourth-order valence-electron chi connectivity index (χ4n) is 4.68. The van der Waals surface area contributed by atoms with Crippen LogP contribution in [0, 0.1) is 0 Å². The van der Waals surface area contributed by atoms with Crippen molar-refractivity contribution in [3.05, 3.63) is 11.5 Å². The summed E-state index contributed by atoms with van der Waals surface area (Å²) in [5.74, 6) is -1.08. The van der Waals surface area contributed by atoms with E-state index in [9.17, 15) is 14.8 Å². The Morgan fingerprint density at radius 2 is 2.06 bits per heavy atom. The lowest BCUT2D eigenvalue weighted by atomic mass is 10.0. The van der Waals surface area contributed by atoms with E-state index in [0.29, 0.717) is 22.9 Å². The van der Waals surface area contributed by atoms with Crippen LogP contribution in [0.5, 0.6) is 0 Å². The zero-order valence-corrected chi connectivity index (χ0v) is 19.1. The van der Waals surface area contributed by atoms with Crippen LogP contribution in [-0.2, 0) is 25.3 Å². The number of nitrogens with one attached hydrogen (secondary N) is 1. The molecule has 0 aromatic carbocycles. The topological polar surface area (TPSA) is 181 Å². The number of hydrogen-bond acceptors (Lipinski definition) is 10. The van der Waals surface area contributed by atoms with E-state index in [-0.39, 0.29) is 18.4 Å². The van der Waals surface area contributed by atoms with E-state index in [2.05, 4.69) is 20.4 Å². The molecule has 5 atom stereocenters. The molecule has 5 rings (SSSR count). The van der Waals surface area contributed by atoms with Crippen molar-refractivity contribution < 1.29 is 38.8 Å². The summed E-state index contributed by atoms with van der Waals surface area (Å²) in [5, 5.41) is 29.6. The molecule has 5 N–H and O–H groups in total. The minimum Gasteiger partial charge on any atom is -0.387 e. The number of hydrogen-bond donors (Lipinski definition) is 5. The molecule has 1 aliphatic carbocycles. The monoisotopic (exact) mass is 505 g/mol. The summed E-state index contributed by atoms with van der Waals surface area (Å²) in [4.78, 5) is 26.7. The zero-order valence-electron chi connectivity index (χ0n) is 17.4. The van der Waals surface area contributed by atoms with Crippen LogP contribution < -0.4 is 5.32 Å². The average molecular weight is 506 g/mol. The van der Waals surface area contributed by atoms with E-state index in [1.54, 1.807) is 6.20 Å². The van der Waals surface area contributed by atoms with Crippen molar-refractivity contribution in [2.45, 2.75) is 68.5 Å². The van der Waals surface area contributed by atoms with Gasteiger partial charge in [0.25, 0.3) is 0 Å². The van der Waals surface area contributed by atoms with Gasteiger partial charge in [0.1, 0.15) is 43.1 Å². The van der Waals surface area contributed by atoms with Crippen molar-refractivity contribution in [2.24, 2.45) is 0 Å². The Morgan fingerprint density at radius 1 is 1.30 bits per heavy atom. The van der Waals surface area contributed by atoms with Gasteiger partial charge in [0.05, 0.1) is 18.2 Å². The summed E-state index contributed by atoms with van der Waals surface area (Å²) in [6.45, 7) is -0.269.